The van der Waals surface area contributed by atoms with E-state index < -0.39 is 32.9 Å². The van der Waals surface area contributed by atoms with Gasteiger partial charge in [0, 0.05) is 29.5 Å². The zero-order valence-electron chi connectivity index (χ0n) is 15.7. The Hall–Kier alpha value is -3.19. The van der Waals surface area contributed by atoms with E-state index in [1.165, 1.54) is 17.4 Å². The summed E-state index contributed by atoms with van der Waals surface area (Å²) < 4.78 is 71.8. The maximum atomic E-state index is 12.8. The van der Waals surface area contributed by atoms with Gasteiger partial charge in [-0.15, -0.1) is 11.3 Å². The van der Waals surface area contributed by atoms with E-state index in [-0.39, 0.29) is 5.56 Å². The summed E-state index contributed by atoms with van der Waals surface area (Å²) in [6.07, 6.45) is 8.05. The highest BCUT2D eigenvalue weighted by Crippen LogP contribution is 2.31. The molecule has 0 aliphatic carbocycles. The maximum absolute atomic E-state index is 12.8. The second-order valence-corrected chi connectivity index (χ2v) is 8.40. The minimum atomic E-state index is -6.00. The Morgan fingerprint density at radius 1 is 1.29 bits per heavy atom. The lowest BCUT2D eigenvalue weighted by Crippen LogP contribution is -2.28. The number of nitrogens with zero attached hydrogens (tertiary/aromatic N) is 3. The smallest absolute Gasteiger partial charge is 0.465 e. The number of ether oxygens (including phenoxy) is 1. The summed E-state index contributed by atoms with van der Waals surface area (Å²) in [6, 6.07) is 3.55. The lowest BCUT2D eigenvalue weighted by atomic mass is 10.1. The molecule has 0 spiro atoms. The molecule has 0 N–H and O–H groups in total. The van der Waals surface area contributed by atoms with Crippen molar-refractivity contribution in [1.82, 2.24) is 14.5 Å². The number of hydrogen-bond acceptors (Lipinski definition) is 8. The fourth-order valence-electron chi connectivity index (χ4n) is 2.48. The van der Waals surface area contributed by atoms with E-state index >= 15 is 0 Å². The Labute approximate surface area is 178 Å². The SMILES string of the molecule is COC(=O)c1ccc(/C=C(/Cn2ccnc2)c2nccs2)cc1OS(=O)(=O)C(F)(F)F. The van der Waals surface area contributed by atoms with Crippen molar-refractivity contribution in [2.24, 2.45) is 0 Å². The molecule has 0 atom stereocenters. The average Bonchev–Trinajstić information content (AvgIpc) is 3.40. The molecule has 0 fully saturated rings. The van der Waals surface area contributed by atoms with Gasteiger partial charge in [0.2, 0.25) is 0 Å². The Kier molecular flexibility index (Phi) is 6.45. The van der Waals surface area contributed by atoms with Gasteiger partial charge in [-0.2, -0.15) is 21.6 Å². The summed E-state index contributed by atoms with van der Waals surface area (Å²) in [6.45, 7) is 0.337. The van der Waals surface area contributed by atoms with Gasteiger partial charge in [0.05, 0.1) is 20.0 Å². The van der Waals surface area contributed by atoms with Crippen LogP contribution in [0.4, 0.5) is 13.2 Å². The standard InChI is InChI=1S/C18H14F3N3O5S2/c1-28-17(25)14-3-2-12(9-15(14)29-31(26,27)18(19,20)21)8-13(16-23-5-7-30-16)10-24-6-4-22-11-24/h2-9,11H,10H2,1H3/b13-8-. The van der Waals surface area contributed by atoms with Crippen LogP contribution in [0.1, 0.15) is 20.9 Å². The van der Waals surface area contributed by atoms with E-state index in [4.69, 9.17) is 0 Å². The van der Waals surface area contributed by atoms with Crippen LogP contribution in [-0.2, 0) is 21.4 Å². The number of esters is 1. The van der Waals surface area contributed by atoms with Crippen LogP contribution in [-0.4, -0.2) is 41.5 Å². The lowest BCUT2D eigenvalue weighted by Gasteiger charge is -2.13. The van der Waals surface area contributed by atoms with Crippen LogP contribution in [0.5, 0.6) is 5.75 Å². The molecule has 3 aromatic rings. The molecule has 8 nitrogen and oxygen atoms in total. The van der Waals surface area contributed by atoms with Gasteiger partial charge in [-0.25, -0.2) is 14.8 Å². The molecule has 0 radical (unpaired) electrons. The monoisotopic (exact) mass is 473 g/mol. The van der Waals surface area contributed by atoms with Crippen LogP contribution in [0.15, 0.2) is 48.5 Å². The Balaban J connectivity index is 2.06. The molecule has 0 aliphatic rings. The van der Waals surface area contributed by atoms with E-state index in [1.54, 1.807) is 40.9 Å². The molecule has 13 heteroatoms. The number of methoxy groups -OCH3 is 1. The summed E-state index contributed by atoms with van der Waals surface area (Å²) in [7, 11) is -4.99. The molecule has 0 saturated carbocycles. The molecule has 0 amide bonds. The zero-order chi connectivity index (χ0) is 22.6. The summed E-state index contributed by atoms with van der Waals surface area (Å²) in [5, 5.41) is 2.39. The number of halogens is 3. The first kappa shape index (κ1) is 22.5. The average molecular weight is 473 g/mol. The molecular formula is C18H14F3N3O5S2. The largest absolute Gasteiger partial charge is 0.534 e. The van der Waals surface area contributed by atoms with Gasteiger partial charge >= 0.3 is 21.6 Å². The van der Waals surface area contributed by atoms with Crippen molar-refractivity contribution in [1.29, 1.82) is 0 Å². The number of alkyl halides is 3. The fraction of sp³-hybridized carbons (Fsp3) is 0.167. The lowest BCUT2D eigenvalue weighted by molar-refractivity contribution is -0.0500. The Morgan fingerprint density at radius 2 is 2.06 bits per heavy atom. The third kappa shape index (κ3) is 5.30. The summed E-state index contributed by atoms with van der Waals surface area (Å²) >= 11 is 1.34. The van der Waals surface area contributed by atoms with Crippen molar-refractivity contribution >= 4 is 39.1 Å². The molecule has 0 saturated heterocycles. The zero-order valence-corrected chi connectivity index (χ0v) is 17.4. The topological polar surface area (TPSA) is 100 Å². The molecule has 2 aromatic heterocycles. The van der Waals surface area contributed by atoms with Crippen LogP contribution in [0.25, 0.3) is 11.6 Å². The van der Waals surface area contributed by atoms with Crippen molar-refractivity contribution in [3.63, 3.8) is 0 Å². The van der Waals surface area contributed by atoms with E-state index in [9.17, 15) is 26.4 Å². The second-order valence-electron chi connectivity index (χ2n) is 5.97. The highest BCUT2D eigenvalue weighted by Gasteiger charge is 2.49. The van der Waals surface area contributed by atoms with Crippen molar-refractivity contribution in [3.05, 3.63) is 64.6 Å². The van der Waals surface area contributed by atoms with Crippen LogP contribution >= 0.6 is 11.3 Å². The number of carbonyl (C=O) groups is 1. The Morgan fingerprint density at radius 3 is 2.65 bits per heavy atom. The van der Waals surface area contributed by atoms with Gasteiger partial charge in [-0.3, -0.25) is 0 Å². The van der Waals surface area contributed by atoms with Gasteiger partial charge in [-0.05, 0) is 23.8 Å². The Bertz CT molecular complexity index is 1190. The number of imidazole rings is 1. The highest BCUT2D eigenvalue weighted by atomic mass is 32.2. The van der Waals surface area contributed by atoms with Crippen molar-refractivity contribution in [3.8, 4) is 5.75 Å². The first-order valence-corrected chi connectivity index (χ1v) is 10.7. The molecular weight excluding hydrogens is 459 g/mol. The van der Waals surface area contributed by atoms with Gasteiger partial charge in [0.1, 0.15) is 10.6 Å². The molecule has 0 aliphatic heterocycles. The van der Waals surface area contributed by atoms with E-state index in [0.717, 1.165) is 19.2 Å². The molecule has 164 valence electrons. The van der Waals surface area contributed by atoms with Gasteiger partial charge in [0.15, 0.2) is 5.75 Å². The number of aromatic nitrogens is 3. The molecule has 3 rings (SSSR count). The summed E-state index contributed by atoms with van der Waals surface area (Å²) in [4.78, 5) is 20.1. The number of rotatable bonds is 7. The number of carbonyl (C=O) groups excluding carboxylic acids is 1. The van der Waals surface area contributed by atoms with Crippen LogP contribution < -0.4 is 4.18 Å². The number of allylic oxidation sites excluding steroid dienone is 1. The minimum Gasteiger partial charge on any atom is -0.465 e. The van der Waals surface area contributed by atoms with Crippen LogP contribution in [0, 0.1) is 0 Å². The number of benzene rings is 1. The van der Waals surface area contributed by atoms with Gasteiger partial charge in [0.25, 0.3) is 0 Å². The first-order chi connectivity index (χ1) is 14.6. The third-order valence-electron chi connectivity index (χ3n) is 3.85. The fourth-order valence-corrected chi connectivity index (χ4v) is 3.59. The van der Waals surface area contributed by atoms with Crippen molar-refractivity contribution < 1.29 is 35.3 Å². The maximum Gasteiger partial charge on any atom is 0.534 e. The van der Waals surface area contributed by atoms with Crippen molar-refractivity contribution in [2.75, 3.05) is 7.11 Å². The molecule has 1 aromatic carbocycles. The van der Waals surface area contributed by atoms with Crippen molar-refractivity contribution in [2.45, 2.75) is 12.1 Å². The second kappa shape index (κ2) is 8.89. The normalized spacial score (nSPS) is 12.6. The predicted molar refractivity (Wildman–Crippen MR) is 106 cm³/mol. The first-order valence-electron chi connectivity index (χ1n) is 8.40. The van der Waals surface area contributed by atoms with E-state index in [0.29, 0.717) is 17.1 Å². The number of thiazole rings is 1. The molecule has 31 heavy (non-hydrogen) atoms. The van der Waals surface area contributed by atoms with Crippen LogP contribution in [0.2, 0.25) is 0 Å². The van der Waals surface area contributed by atoms with Gasteiger partial charge in [-0.1, -0.05) is 6.07 Å². The van der Waals surface area contributed by atoms with E-state index in [2.05, 4.69) is 18.9 Å². The van der Waals surface area contributed by atoms with E-state index in [1.807, 2.05) is 0 Å². The number of hydrogen-bond donors (Lipinski definition) is 0. The molecule has 0 unspecified atom stereocenters. The molecule has 0 bridgehead atoms. The third-order valence-corrected chi connectivity index (χ3v) is 5.67. The predicted octanol–water partition coefficient (Wildman–Crippen LogP) is 3.60. The van der Waals surface area contributed by atoms with Crippen LogP contribution in [0.3, 0.4) is 0 Å². The quantitative estimate of drug-likeness (QED) is 0.294. The minimum absolute atomic E-state index is 0.283. The summed E-state index contributed by atoms with van der Waals surface area (Å²) in [5.74, 6) is -1.86. The summed E-state index contributed by atoms with van der Waals surface area (Å²) in [5.41, 5.74) is -5.19. The van der Waals surface area contributed by atoms with Gasteiger partial charge < -0.3 is 13.5 Å². The molecule has 2 heterocycles. The highest BCUT2D eigenvalue weighted by molar-refractivity contribution is 7.88.